The molecule has 1 aliphatic heterocycles. The maximum absolute atomic E-state index is 14.8. The molecule has 0 radical (unpaired) electrons. The van der Waals surface area contributed by atoms with Gasteiger partial charge in [0, 0.05) is 11.8 Å². The van der Waals surface area contributed by atoms with Gasteiger partial charge in [0.05, 0.1) is 6.61 Å². The second-order valence-corrected chi connectivity index (χ2v) is 7.78. The number of unbranched alkanes of at least 4 members (excludes halogenated alkanes) is 3. The molecule has 12 heteroatoms. The molecule has 1 fully saturated rings. The summed E-state index contributed by atoms with van der Waals surface area (Å²) in [4.78, 5) is 26.4. The van der Waals surface area contributed by atoms with E-state index < -0.39 is 48.0 Å². The molecule has 1 unspecified atom stereocenters. The van der Waals surface area contributed by atoms with Crippen molar-refractivity contribution >= 4 is 0 Å². The van der Waals surface area contributed by atoms with Crippen LogP contribution in [0.2, 0.25) is 0 Å². The lowest BCUT2D eigenvalue weighted by Gasteiger charge is -2.43. The molecule has 0 bridgehead atoms. The molecule has 1 saturated heterocycles. The number of aryl methyl sites for hydroxylation is 1. The predicted octanol–water partition coefficient (Wildman–Crippen LogP) is -0.510. The van der Waals surface area contributed by atoms with Crippen LogP contribution in [0.5, 0.6) is 0 Å². The number of ether oxygens (including phenoxy) is 1. The Morgan fingerprint density at radius 3 is 2.52 bits per heavy atom. The summed E-state index contributed by atoms with van der Waals surface area (Å²) in [5.41, 5.74) is -5.20. The van der Waals surface area contributed by atoms with E-state index in [9.17, 15) is 39.6 Å². The summed E-state index contributed by atoms with van der Waals surface area (Å²) in [7, 11) is 0. The molecule has 0 aromatic carbocycles. The zero-order valence-corrected chi connectivity index (χ0v) is 17.7. The maximum atomic E-state index is 14.8. The van der Waals surface area contributed by atoms with Gasteiger partial charge < -0.3 is 30.4 Å². The minimum Gasteiger partial charge on any atom is -0.394 e. The summed E-state index contributed by atoms with van der Waals surface area (Å²) in [5.74, 6) is -3.23. The van der Waals surface area contributed by atoms with Crippen molar-refractivity contribution in [2.45, 2.75) is 88.9 Å². The zero-order chi connectivity index (χ0) is 23.4. The number of hydrogen-bond donors (Lipinski definition) is 6. The van der Waals surface area contributed by atoms with Crippen LogP contribution in [0.4, 0.5) is 4.39 Å². The molecule has 0 spiro atoms. The monoisotopic (exact) mass is 449 g/mol. The van der Waals surface area contributed by atoms with Crippen LogP contribution in [0.1, 0.15) is 57.9 Å². The number of aliphatic hydroxyl groups excluding tert-OH is 2. The van der Waals surface area contributed by atoms with Gasteiger partial charge in [-0.2, -0.15) is 0 Å². The summed E-state index contributed by atoms with van der Waals surface area (Å²) in [5, 5.41) is 52.5. The standard InChI is InChI=1S/C19H32FN3O8/c1-3-5-6-7-9-14(20)23(30)18(28)15(25)13(11-24)31-19(18,29)22-10-12(8-4-2)16(26)21-17(22)27/h10,13-15,24-25,28-30H,3-9,11H2,1-2H3,(H,21,26,27)/t13-,14?,15-,18-,19+/m1/s1. The van der Waals surface area contributed by atoms with Gasteiger partial charge >= 0.3 is 11.6 Å². The lowest BCUT2D eigenvalue weighted by atomic mass is 9.99. The van der Waals surface area contributed by atoms with E-state index in [1.807, 2.05) is 11.9 Å². The van der Waals surface area contributed by atoms with Crippen molar-refractivity contribution in [3.05, 3.63) is 32.6 Å². The van der Waals surface area contributed by atoms with E-state index in [2.05, 4.69) is 0 Å². The third-order valence-electron chi connectivity index (χ3n) is 5.51. The molecule has 1 aromatic heterocycles. The van der Waals surface area contributed by atoms with E-state index in [-0.39, 0.29) is 23.5 Å². The normalized spacial score (nSPS) is 29.6. The van der Waals surface area contributed by atoms with Crippen LogP contribution in [-0.2, 0) is 17.1 Å². The first-order chi connectivity index (χ1) is 14.6. The zero-order valence-electron chi connectivity index (χ0n) is 17.7. The molecule has 6 N–H and O–H groups in total. The van der Waals surface area contributed by atoms with Gasteiger partial charge in [-0.3, -0.25) is 9.78 Å². The van der Waals surface area contributed by atoms with Crippen molar-refractivity contribution < 1.29 is 34.8 Å². The Labute approximate surface area is 178 Å². The van der Waals surface area contributed by atoms with E-state index in [1.165, 1.54) is 0 Å². The molecule has 1 aromatic rings. The van der Waals surface area contributed by atoms with E-state index in [1.54, 1.807) is 6.92 Å². The molecule has 0 aliphatic carbocycles. The number of rotatable bonds is 11. The second-order valence-electron chi connectivity index (χ2n) is 7.78. The van der Waals surface area contributed by atoms with Crippen LogP contribution in [0, 0.1) is 0 Å². The summed E-state index contributed by atoms with van der Waals surface area (Å²) < 4.78 is 20.3. The molecular formula is C19H32FN3O8. The van der Waals surface area contributed by atoms with E-state index in [0.29, 0.717) is 23.8 Å². The highest BCUT2D eigenvalue weighted by molar-refractivity contribution is 5.10. The highest BCUT2D eigenvalue weighted by Gasteiger charge is 2.71. The van der Waals surface area contributed by atoms with Gasteiger partial charge in [-0.15, -0.1) is 5.06 Å². The van der Waals surface area contributed by atoms with Crippen LogP contribution >= 0.6 is 0 Å². The third-order valence-corrected chi connectivity index (χ3v) is 5.51. The Bertz CT molecular complexity index is 848. The van der Waals surface area contributed by atoms with Gasteiger partial charge in [-0.05, 0) is 19.3 Å². The fraction of sp³-hybridized carbons (Fsp3) is 0.789. The summed E-state index contributed by atoms with van der Waals surface area (Å²) in [6.07, 6.45) is -2.03. The minimum atomic E-state index is -3.28. The average Bonchev–Trinajstić information content (AvgIpc) is 2.94. The largest absolute Gasteiger partial charge is 0.394 e. The summed E-state index contributed by atoms with van der Waals surface area (Å²) >= 11 is 0. The number of alkyl halides is 1. The van der Waals surface area contributed by atoms with Crippen molar-refractivity contribution in [1.82, 2.24) is 14.6 Å². The molecular weight excluding hydrogens is 417 g/mol. The Kier molecular flexibility index (Phi) is 8.50. The van der Waals surface area contributed by atoms with Gasteiger partial charge in [-0.25, -0.2) is 13.8 Å². The predicted molar refractivity (Wildman–Crippen MR) is 106 cm³/mol. The van der Waals surface area contributed by atoms with E-state index in [0.717, 1.165) is 19.0 Å². The fourth-order valence-corrected chi connectivity index (χ4v) is 3.73. The summed E-state index contributed by atoms with van der Waals surface area (Å²) in [6, 6.07) is 0. The molecule has 2 heterocycles. The molecule has 178 valence electrons. The highest BCUT2D eigenvalue weighted by atomic mass is 19.1. The Morgan fingerprint density at radius 1 is 1.26 bits per heavy atom. The van der Waals surface area contributed by atoms with Gasteiger partial charge in [0.2, 0.25) is 5.72 Å². The lowest BCUT2D eigenvalue weighted by Crippen LogP contribution is -2.69. The number of hydroxylamine groups is 2. The maximum Gasteiger partial charge on any atom is 0.332 e. The highest BCUT2D eigenvalue weighted by Crippen LogP contribution is 2.44. The molecule has 5 atom stereocenters. The second kappa shape index (κ2) is 10.3. The number of H-pyrrole nitrogens is 1. The van der Waals surface area contributed by atoms with Crippen LogP contribution in [0.25, 0.3) is 0 Å². The number of aromatic amines is 1. The molecule has 1 aliphatic rings. The fourth-order valence-electron chi connectivity index (χ4n) is 3.73. The first kappa shape index (κ1) is 25.6. The number of nitrogens with one attached hydrogen (secondary N) is 1. The molecule has 31 heavy (non-hydrogen) atoms. The molecule has 2 rings (SSSR count). The Balaban J connectivity index is 2.52. The third kappa shape index (κ3) is 4.60. The van der Waals surface area contributed by atoms with Gasteiger partial charge in [0.1, 0.15) is 12.2 Å². The minimum absolute atomic E-state index is 0.0456. The topological polar surface area (TPSA) is 168 Å². The number of aromatic nitrogens is 2. The summed E-state index contributed by atoms with van der Waals surface area (Å²) in [6.45, 7) is 2.80. The Morgan fingerprint density at radius 2 is 1.94 bits per heavy atom. The quantitative estimate of drug-likeness (QED) is 0.113. The number of aliphatic hydroxyl groups is 4. The van der Waals surface area contributed by atoms with Crippen LogP contribution in [0.3, 0.4) is 0 Å². The van der Waals surface area contributed by atoms with Gasteiger partial charge in [0.25, 0.3) is 5.56 Å². The Hall–Kier alpha value is -1.67. The number of hydrogen-bond acceptors (Lipinski definition) is 9. The van der Waals surface area contributed by atoms with Crippen molar-refractivity contribution in [3.63, 3.8) is 0 Å². The molecule has 0 amide bonds. The van der Waals surface area contributed by atoms with Crippen LogP contribution < -0.4 is 11.2 Å². The molecule has 11 nitrogen and oxygen atoms in total. The van der Waals surface area contributed by atoms with E-state index in [4.69, 9.17) is 4.74 Å². The smallest absolute Gasteiger partial charge is 0.332 e. The van der Waals surface area contributed by atoms with Crippen LogP contribution in [0.15, 0.2) is 15.8 Å². The average molecular weight is 449 g/mol. The van der Waals surface area contributed by atoms with E-state index >= 15 is 0 Å². The number of halogens is 1. The SMILES string of the molecule is CCCCCCC(F)N(O)[C@@]1(O)[C@H](O)[C@@H](CO)O[C@]1(O)n1cc(CCC)c(=O)[nH]c1=O. The van der Waals surface area contributed by atoms with Crippen molar-refractivity contribution in [2.75, 3.05) is 6.61 Å². The first-order valence-electron chi connectivity index (χ1n) is 10.5. The van der Waals surface area contributed by atoms with Crippen molar-refractivity contribution in [1.29, 1.82) is 0 Å². The van der Waals surface area contributed by atoms with Gasteiger partial charge in [-0.1, -0.05) is 39.5 Å². The van der Waals surface area contributed by atoms with Gasteiger partial charge in [0.15, 0.2) is 6.30 Å². The first-order valence-corrected chi connectivity index (χ1v) is 10.5. The van der Waals surface area contributed by atoms with Crippen molar-refractivity contribution in [2.24, 2.45) is 0 Å². The lowest BCUT2D eigenvalue weighted by molar-refractivity contribution is -0.428. The molecule has 0 saturated carbocycles. The van der Waals surface area contributed by atoms with Crippen LogP contribution in [-0.4, -0.2) is 71.1 Å². The number of nitrogens with zero attached hydrogens (tertiary/aromatic N) is 2. The van der Waals surface area contributed by atoms with Crippen molar-refractivity contribution in [3.8, 4) is 0 Å².